The lowest BCUT2D eigenvalue weighted by Gasteiger charge is -2.21. The van der Waals surface area contributed by atoms with Crippen molar-refractivity contribution in [1.29, 1.82) is 0 Å². The molecule has 28 heavy (non-hydrogen) atoms. The van der Waals surface area contributed by atoms with Crippen LogP contribution in [0.3, 0.4) is 0 Å². The first-order valence-electron chi connectivity index (χ1n) is 9.45. The molecule has 0 N–H and O–H groups in total. The fraction of sp³-hybridized carbons (Fsp3) is 0.0385. The standard InChI is InChI=1S/C26H22NP/c1-4-12-22(13-5-1)20-27-21-23-14-10-11-19-26(23)28(24-15-6-2-7-16-24)25-17-8-3-9-18-25/h1-19,21H,20H2. The van der Waals surface area contributed by atoms with E-state index in [-0.39, 0.29) is 0 Å². The lowest BCUT2D eigenvalue weighted by Crippen LogP contribution is -2.23. The molecule has 1 nitrogen and oxygen atoms in total. The van der Waals surface area contributed by atoms with Gasteiger partial charge in [0.25, 0.3) is 0 Å². The highest BCUT2D eigenvalue weighted by atomic mass is 31.1. The van der Waals surface area contributed by atoms with Crippen molar-refractivity contribution in [3.05, 3.63) is 126 Å². The highest BCUT2D eigenvalue weighted by molar-refractivity contribution is 7.80. The fourth-order valence-electron chi connectivity index (χ4n) is 3.21. The van der Waals surface area contributed by atoms with Gasteiger partial charge in [0.1, 0.15) is 0 Å². The summed E-state index contributed by atoms with van der Waals surface area (Å²) >= 11 is 0. The summed E-state index contributed by atoms with van der Waals surface area (Å²) in [7, 11) is -0.629. The maximum Gasteiger partial charge on any atom is 0.0639 e. The molecule has 0 radical (unpaired) electrons. The Bertz CT molecular complexity index is 988. The van der Waals surface area contributed by atoms with E-state index in [9.17, 15) is 0 Å². The second-order valence-corrected chi connectivity index (χ2v) is 8.71. The quantitative estimate of drug-likeness (QED) is 0.328. The molecule has 4 aromatic rings. The molecule has 0 aliphatic rings. The van der Waals surface area contributed by atoms with Gasteiger partial charge in [-0.2, -0.15) is 0 Å². The van der Waals surface area contributed by atoms with E-state index in [1.807, 2.05) is 12.3 Å². The Hall–Kier alpha value is -3.02. The van der Waals surface area contributed by atoms with Crippen molar-refractivity contribution in [1.82, 2.24) is 0 Å². The Morgan fingerprint density at radius 3 is 1.68 bits per heavy atom. The Labute approximate surface area is 168 Å². The highest BCUT2D eigenvalue weighted by Gasteiger charge is 2.18. The van der Waals surface area contributed by atoms with E-state index in [2.05, 4.69) is 109 Å². The van der Waals surface area contributed by atoms with Crippen LogP contribution in [0.5, 0.6) is 0 Å². The molecule has 0 aliphatic heterocycles. The SMILES string of the molecule is C(=NCc1ccccc1)c1ccccc1P(c1ccccc1)c1ccccc1. The number of nitrogens with zero attached hydrogens (tertiary/aromatic N) is 1. The van der Waals surface area contributed by atoms with Gasteiger partial charge in [-0.05, 0) is 29.4 Å². The summed E-state index contributed by atoms with van der Waals surface area (Å²) in [5, 5.41) is 4.05. The third-order valence-electron chi connectivity index (χ3n) is 4.55. The van der Waals surface area contributed by atoms with E-state index in [0.717, 1.165) is 0 Å². The van der Waals surface area contributed by atoms with Gasteiger partial charge in [-0.3, -0.25) is 4.99 Å². The lowest BCUT2D eigenvalue weighted by molar-refractivity contribution is 1.08. The Kier molecular flexibility index (Phi) is 6.07. The molecule has 0 atom stereocenters. The third kappa shape index (κ3) is 4.44. The van der Waals surface area contributed by atoms with E-state index in [1.165, 1.54) is 27.0 Å². The molecule has 0 saturated carbocycles. The zero-order chi connectivity index (χ0) is 19.0. The molecule has 2 heteroatoms. The zero-order valence-electron chi connectivity index (χ0n) is 15.6. The average molecular weight is 379 g/mol. The lowest BCUT2D eigenvalue weighted by atomic mass is 10.2. The number of aliphatic imine (C=N–C) groups is 1. The van der Waals surface area contributed by atoms with Gasteiger partial charge in [-0.1, -0.05) is 115 Å². The first-order chi connectivity index (χ1) is 13.9. The van der Waals surface area contributed by atoms with Crippen molar-refractivity contribution < 1.29 is 0 Å². The molecular formula is C26H22NP. The fourth-order valence-corrected chi connectivity index (χ4v) is 5.64. The molecule has 0 heterocycles. The van der Waals surface area contributed by atoms with Gasteiger partial charge >= 0.3 is 0 Å². The first-order valence-corrected chi connectivity index (χ1v) is 10.8. The molecule has 0 aliphatic carbocycles. The summed E-state index contributed by atoms with van der Waals surface area (Å²) in [4.78, 5) is 4.73. The van der Waals surface area contributed by atoms with E-state index < -0.39 is 7.92 Å². The molecule has 136 valence electrons. The topological polar surface area (TPSA) is 12.4 Å². The van der Waals surface area contributed by atoms with Gasteiger partial charge in [0.2, 0.25) is 0 Å². The van der Waals surface area contributed by atoms with Crippen LogP contribution >= 0.6 is 7.92 Å². The molecule has 0 saturated heterocycles. The molecule has 0 bridgehead atoms. The second kappa shape index (κ2) is 9.26. The maximum atomic E-state index is 4.73. The van der Waals surface area contributed by atoms with Gasteiger partial charge in [-0.25, -0.2) is 0 Å². The van der Waals surface area contributed by atoms with Gasteiger partial charge in [0.05, 0.1) is 6.54 Å². The summed E-state index contributed by atoms with van der Waals surface area (Å²) < 4.78 is 0. The Morgan fingerprint density at radius 2 is 1.07 bits per heavy atom. The normalized spacial score (nSPS) is 11.2. The molecule has 0 spiro atoms. The van der Waals surface area contributed by atoms with Crippen LogP contribution in [0.15, 0.2) is 120 Å². The van der Waals surface area contributed by atoms with Crippen LogP contribution in [-0.2, 0) is 6.54 Å². The van der Waals surface area contributed by atoms with Crippen LogP contribution in [0.2, 0.25) is 0 Å². The summed E-state index contributed by atoms with van der Waals surface area (Å²) in [6.07, 6.45) is 2.03. The van der Waals surface area contributed by atoms with E-state index >= 15 is 0 Å². The predicted octanol–water partition coefficient (Wildman–Crippen LogP) is 5.06. The van der Waals surface area contributed by atoms with Gasteiger partial charge in [0, 0.05) is 11.8 Å². The van der Waals surface area contributed by atoms with Crippen LogP contribution in [0.1, 0.15) is 11.1 Å². The van der Waals surface area contributed by atoms with Crippen LogP contribution in [0.25, 0.3) is 0 Å². The summed E-state index contributed by atoms with van der Waals surface area (Å²) in [6, 6.07) is 40.6. The van der Waals surface area contributed by atoms with Crippen molar-refractivity contribution in [3.8, 4) is 0 Å². The number of rotatable bonds is 6. The first kappa shape index (κ1) is 18.3. The maximum absolute atomic E-state index is 4.73. The van der Waals surface area contributed by atoms with Gasteiger partial charge in [0.15, 0.2) is 0 Å². The molecule has 4 rings (SSSR count). The van der Waals surface area contributed by atoms with Gasteiger partial charge < -0.3 is 0 Å². The second-order valence-electron chi connectivity index (χ2n) is 6.52. The highest BCUT2D eigenvalue weighted by Crippen LogP contribution is 2.33. The van der Waals surface area contributed by atoms with Crippen molar-refractivity contribution in [3.63, 3.8) is 0 Å². The minimum Gasteiger partial charge on any atom is -0.288 e. The van der Waals surface area contributed by atoms with E-state index in [0.29, 0.717) is 6.54 Å². The molecule has 4 aromatic carbocycles. The zero-order valence-corrected chi connectivity index (χ0v) is 16.5. The minimum atomic E-state index is -0.629. The summed E-state index contributed by atoms with van der Waals surface area (Å²) in [5.41, 5.74) is 2.42. The average Bonchev–Trinajstić information content (AvgIpc) is 2.77. The van der Waals surface area contributed by atoms with E-state index in [4.69, 9.17) is 4.99 Å². The van der Waals surface area contributed by atoms with Crippen LogP contribution in [0.4, 0.5) is 0 Å². The predicted molar refractivity (Wildman–Crippen MR) is 123 cm³/mol. The number of hydrogen-bond donors (Lipinski definition) is 0. The molecule has 0 fully saturated rings. The Morgan fingerprint density at radius 1 is 0.571 bits per heavy atom. The van der Waals surface area contributed by atoms with Crippen molar-refractivity contribution in [2.45, 2.75) is 6.54 Å². The van der Waals surface area contributed by atoms with Crippen molar-refractivity contribution in [2.75, 3.05) is 0 Å². The van der Waals surface area contributed by atoms with Crippen LogP contribution in [-0.4, -0.2) is 6.21 Å². The van der Waals surface area contributed by atoms with Crippen LogP contribution < -0.4 is 15.9 Å². The Balaban J connectivity index is 1.71. The summed E-state index contributed by atoms with van der Waals surface area (Å²) in [6.45, 7) is 0.698. The monoisotopic (exact) mass is 379 g/mol. The van der Waals surface area contributed by atoms with Gasteiger partial charge in [-0.15, -0.1) is 0 Å². The van der Waals surface area contributed by atoms with Crippen molar-refractivity contribution in [2.24, 2.45) is 4.99 Å². The summed E-state index contributed by atoms with van der Waals surface area (Å²) in [5.74, 6) is 0. The third-order valence-corrected chi connectivity index (χ3v) is 7.07. The molecule has 0 unspecified atom stereocenters. The van der Waals surface area contributed by atoms with Crippen molar-refractivity contribution >= 4 is 30.0 Å². The molecule has 0 aromatic heterocycles. The van der Waals surface area contributed by atoms with Crippen LogP contribution in [0, 0.1) is 0 Å². The smallest absolute Gasteiger partial charge is 0.0639 e. The largest absolute Gasteiger partial charge is 0.288 e. The minimum absolute atomic E-state index is 0.629. The van der Waals surface area contributed by atoms with E-state index in [1.54, 1.807) is 0 Å². The molecular weight excluding hydrogens is 357 g/mol. The molecule has 0 amide bonds. The number of benzene rings is 4. The number of hydrogen-bond acceptors (Lipinski definition) is 1.